The van der Waals surface area contributed by atoms with Gasteiger partial charge in [0.2, 0.25) is 0 Å². The summed E-state index contributed by atoms with van der Waals surface area (Å²) in [5.74, 6) is 2.52. The fourth-order valence-corrected chi connectivity index (χ4v) is 13.7. The summed E-state index contributed by atoms with van der Waals surface area (Å²) in [5.41, 5.74) is 5.03. The van der Waals surface area contributed by atoms with Crippen molar-refractivity contribution in [3.05, 3.63) is 300 Å². The molecule has 0 unspecified atom stereocenters. The van der Waals surface area contributed by atoms with Crippen LogP contribution in [0.15, 0.2) is 298 Å². The Balaban J connectivity index is 0.000000281. The Morgan fingerprint density at radius 3 is 1.31 bits per heavy atom. The zero-order valence-electron chi connectivity index (χ0n) is 69.4. The number of unbranched alkanes of at least 4 members (excludes halogenated alkanes) is 2. The predicted molar refractivity (Wildman–Crippen MR) is 475 cm³/mol. The summed E-state index contributed by atoms with van der Waals surface area (Å²) in [7, 11) is -4.32. The van der Waals surface area contributed by atoms with E-state index >= 15 is 0 Å². The number of aryl methyl sites for hydroxylation is 3. The number of rotatable bonds is 52. The quantitative estimate of drug-likeness (QED) is 0.00778. The number of fused-ring (bicyclic) bond motifs is 2. The molecule has 121 heavy (non-hydrogen) atoms. The summed E-state index contributed by atoms with van der Waals surface area (Å²) < 4.78 is 106. The lowest BCUT2D eigenvalue weighted by Crippen LogP contribution is -2.33. The number of carbonyl (C=O) groups excluding carboxylic acids is 2. The molecule has 0 spiro atoms. The van der Waals surface area contributed by atoms with Crippen LogP contribution in [-0.2, 0) is 83.9 Å². The first-order valence-corrected chi connectivity index (χ1v) is 41.9. The van der Waals surface area contributed by atoms with E-state index in [1.807, 2.05) is 136 Å². The van der Waals surface area contributed by atoms with Gasteiger partial charge in [0.05, 0.1) is 126 Å². The van der Waals surface area contributed by atoms with Crippen LogP contribution in [0.1, 0.15) is 47.9 Å². The van der Waals surface area contributed by atoms with Gasteiger partial charge in [-0.15, -0.1) is 0 Å². The van der Waals surface area contributed by atoms with E-state index in [2.05, 4.69) is 73.7 Å². The maximum absolute atomic E-state index is 13.2. The number of anilines is 2. The number of hydrogen-bond acceptors (Lipinski definition) is 23. The molecule has 650 valence electrons. The van der Waals surface area contributed by atoms with Crippen molar-refractivity contribution in [2.45, 2.75) is 72.6 Å². The smallest absolute Gasteiger partial charge is 0.411 e. The summed E-state index contributed by atoms with van der Waals surface area (Å²) >= 11 is 0. The van der Waals surface area contributed by atoms with Crippen LogP contribution in [0.25, 0.3) is 21.5 Å². The molecule has 0 heterocycles. The summed E-state index contributed by atoms with van der Waals surface area (Å²) in [6.45, 7) is 39.5. The largest absolute Gasteiger partial charge is 0.508 e. The van der Waals surface area contributed by atoms with Crippen molar-refractivity contribution in [1.29, 1.82) is 0 Å². The number of phenolic OH excluding ortho intramolecular Hbond substituents is 2. The molecule has 5 N–H and O–H groups in total. The van der Waals surface area contributed by atoms with Gasteiger partial charge in [0.1, 0.15) is 81.6 Å². The third kappa shape index (κ3) is 40.0. The fourth-order valence-electron chi connectivity index (χ4n) is 10.8. The van der Waals surface area contributed by atoms with Crippen LogP contribution < -0.4 is 24.8 Å². The lowest BCUT2D eigenvalue weighted by atomic mass is 10.0. The van der Waals surface area contributed by atoms with Gasteiger partial charge in [-0.05, 0) is 167 Å². The van der Waals surface area contributed by atoms with Crippen LogP contribution in [-0.4, -0.2) is 173 Å². The van der Waals surface area contributed by atoms with E-state index in [-0.39, 0.29) is 60.3 Å². The number of nitrogens with zero attached hydrogens (tertiary/aromatic N) is 1. The Morgan fingerprint density at radius 1 is 0.413 bits per heavy atom. The van der Waals surface area contributed by atoms with Crippen LogP contribution >= 0.6 is 0 Å². The average Bonchev–Trinajstić information content (AvgIpc) is 0.746. The van der Waals surface area contributed by atoms with Gasteiger partial charge in [-0.2, -0.15) is 8.42 Å². The number of aromatic hydroxyl groups is 2. The van der Waals surface area contributed by atoms with E-state index < -0.39 is 22.3 Å². The highest BCUT2D eigenvalue weighted by Gasteiger charge is 2.29. The molecular formula is C94H116N3O22S2+. The van der Waals surface area contributed by atoms with Crippen molar-refractivity contribution in [3.8, 4) is 28.7 Å². The standard InChI is InChI=1S/C30H30O7S.C21H30N2O6.C18H14O2S.C14H27NO5.C11H14O2/c1-4-33-16-18-35-29-25-8-6-7-9-26(25)30(36-19-17-34-5-2)28-20-24(14-15-27(28)29)38(31,32)37-21-23-12-10-22(3)11-13-23;1-4-26-12-6-8-14-28-20(24)22-18-10-11-19(17(3)16-18)23-21(25)29-15-9-7-13-27-5-2;19-14-6-10-17(11-7-14)21(16-4-2-1-3-5-16)18-12-8-15(20)9-13-18;1-3-17-11-13-19-9-6-15(5-8-16)7-10-20-14-12-18-4-2;1-3-12-8-9-13-11-6-4-10(2)5-7-11/h4-15,20H,1-2,16-19,21H2,3H3;4-5,10-11,16H,1-2,6-9,12-15H2,3H3,(H,22,24)(H,23,25);1-13H,(H-,19,20);3-4,16H,1-2,5-14H2;3-7H,1,8-9H2,2H3/p+1. The third-order valence-corrected chi connectivity index (χ3v) is 20.2. The third-order valence-electron chi connectivity index (χ3n) is 16.7. The monoisotopic (exact) mass is 1700 g/mol. The minimum Gasteiger partial charge on any atom is -0.508 e. The molecule has 0 aliphatic carbocycles. The van der Waals surface area contributed by atoms with E-state index in [0.29, 0.717) is 139 Å². The Bertz CT molecular complexity index is 4530. The van der Waals surface area contributed by atoms with E-state index in [4.69, 9.17) is 75.6 Å². The minimum absolute atomic E-state index is 0.0144. The van der Waals surface area contributed by atoms with Gasteiger partial charge < -0.3 is 81.6 Å². The second-order valence-electron chi connectivity index (χ2n) is 25.6. The van der Waals surface area contributed by atoms with Gasteiger partial charge in [0, 0.05) is 52.6 Å². The van der Waals surface area contributed by atoms with Crippen molar-refractivity contribution in [2.24, 2.45) is 0 Å². The number of hydrogen-bond donors (Lipinski definition) is 5. The maximum Gasteiger partial charge on any atom is 0.411 e. The van der Waals surface area contributed by atoms with E-state index in [9.17, 15) is 28.2 Å². The molecule has 0 bridgehead atoms. The van der Waals surface area contributed by atoms with Crippen molar-refractivity contribution >= 4 is 66.1 Å². The lowest BCUT2D eigenvalue weighted by molar-refractivity contribution is 0.0425. The number of ether oxygens (including phenoxy) is 14. The number of phenols is 2. The molecule has 0 saturated heterocycles. The zero-order chi connectivity index (χ0) is 87.3. The minimum atomic E-state index is -4.06. The van der Waals surface area contributed by atoms with Gasteiger partial charge in [0.15, 0.2) is 14.7 Å². The average molecular weight is 1700 g/mol. The van der Waals surface area contributed by atoms with E-state index in [1.165, 1.54) is 60.4 Å². The molecule has 0 aliphatic heterocycles. The molecule has 0 radical (unpaired) electrons. The highest BCUT2D eigenvalue weighted by atomic mass is 32.2. The van der Waals surface area contributed by atoms with Gasteiger partial charge >= 0.3 is 12.2 Å². The molecule has 9 aromatic rings. The highest BCUT2D eigenvalue weighted by molar-refractivity contribution is 7.97. The van der Waals surface area contributed by atoms with Gasteiger partial charge in [-0.1, -0.05) is 136 Å². The molecule has 9 rings (SSSR count). The molecule has 25 nitrogen and oxygen atoms in total. The predicted octanol–water partition coefficient (Wildman–Crippen LogP) is 18.6. The van der Waals surface area contributed by atoms with Crippen LogP contribution in [0.5, 0.6) is 28.7 Å². The first-order valence-electron chi connectivity index (χ1n) is 39.2. The topological polar surface area (TPSA) is 295 Å². The first kappa shape index (κ1) is 99.5. The molecular weight excluding hydrogens is 1590 g/mol. The fraction of sp³-hybridized carbons (Fsp3) is 0.298. The number of amides is 2. The summed E-state index contributed by atoms with van der Waals surface area (Å²) in [6.07, 6.45) is 11.6. The molecule has 27 heteroatoms. The number of nitrogens with one attached hydrogen (secondary N) is 2. The molecule has 0 aliphatic rings. The lowest BCUT2D eigenvalue weighted by Gasteiger charge is -2.21. The van der Waals surface area contributed by atoms with Crippen LogP contribution in [0.2, 0.25) is 0 Å². The highest BCUT2D eigenvalue weighted by Crippen LogP contribution is 2.44. The van der Waals surface area contributed by atoms with Crippen LogP contribution in [0.4, 0.5) is 21.0 Å². The summed E-state index contributed by atoms with van der Waals surface area (Å²) in [5, 5.41) is 36.2. The molecule has 2 amide bonds. The van der Waals surface area contributed by atoms with E-state index in [1.54, 1.807) is 54.6 Å². The molecule has 9 aromatic carbocycles. The zero-order valence-corrected chi connectivity index (χ0v) is 71.1. The van der Waals surface area contributed by atoms with Crippen LogP contribution in [0.3, 0.4) is 0 Å². The molecule has 0 fully saturated rings. The molecule has 0 saturated carbocycles. The second-order valence-corrected chi connectivity index (χ2v) is 29.2. The Labute approximate surface area is 715 Å². The van der Waals surface area contributed by atoms with Crippen LogP contribution in [0, 0.1) is 20.8 Å². The normalized spacial score (nSPS) is 10.5. The van der Waals surface area contributed by atoms with Gasteiger partial charge in [0.25, 0.3) is 10.1 Å². The van der Waals surface area contributed by atoms with Crippen molar-refractivity contribution in [2.75, 3.05) is 143 Å². The molecule has 0 atom stereocenters. The number of aliphatic hydroxyl groups excluding tert-OH is 1. The number of aliphatic hydroxyl groups is 1. The Kier molecular flexibility index (Phi) is 49.7. The summed E-state index contributed by atoms with van der Waals surface area (Å²) in [4.78, 5) is 29.2. The first-order chi connectivity index (χ1) is 58.9. The van der Waals surface area contributed by atoms with Gasteiger partial charge in [-0.25, -0.2) is 9.59 Å². The molecule has 0 aromatic heterocycles. The van der Waals surface area contributed by atoms with E-state index in [0.717, 1.165) is 68.9 Å². The second kappa shape index (κ2) is 60.4. The van der Waals surface area contributed by atoms with Crippen molar-refractivity contribution in [1.82, 2.24) is 4.90 Å². The van der Waals surface area contributed by atoms with Crippen molar-refractivity contribution < 1.29 is 104 Å². The Hall–Kier alpha value is -12.1. The number of carbonyl (C=O) groups is 2. The number of benzene rings is 9. The SMILES string of the molecule is C=COCCCCOC(=O)Nc1ccc(NC(=O)OCCCCOC=C)c(C)c1.C=COCCOCCN(CCO)CCOCCOC=C.C=COCCOc1c2ccccc2c(OCCOC=C)c2cc(S(=O)(=O)OCc3ccc(C)cc3)ccc12.C=COCCOc1ccc(C)cc1.Oc1ccc([S+](c2ccccc2)c2ccc(O)cc2)cc1. The van der Waals surface area contributed by atoms with Crippen molar-refractivity contribution in [3.63, 3.8) is 0 Å². The maximum atomic E-state index is 13.2. The summed E-state index contributed by atoms with van der Waals surface area (Å²) in [6, 6.07) is 57.8. The Morgan fingerprint density at radius 2 is 0.835 bits per heavy atom. The van der Waals surface area contributed by atoms with Gasteiger partial charge in [-0.3, -0.25) is 19.7 Å².